The van der Waals surface area contributed by atoms with Gasteiger partial charge in [0, 0.05) is 24.4 Å². The number of hydrogen-bond acceptors (Lipinski definition) is 9. The van der Waals surface area contributed by atoms with Crippen molar-refractivity contribution in [2.45, 2.75) is 75.7 Å². The fraction of sp³-hybridized carbons (Fsp3) is 0.577. The number of rotatable bonds is 6. The van der Waals surface area contributed by atoms with Crippen LogP contribution in [-0.4, -0.2) is 70.3 Å². The van der Waals surface area contributed by atoms with Crippen molar-refractivity contribution in [3.8, 4) is 11.5 Å². The highest BCUT2D eigenvalue weighted by Crippen LogP contribution is 2.65. The van der Waals surface area contributed by atoms with Crippen LogP contribution in [0.4, 0.5) is 0 Å². The number of carbonyl (C=O) groups is 3. The number of hydrogen-bond donors (Lipinski definition) is 2. The summed E-state index contributed by atoms with van der Waals surface area (Å²) in [4.78, 5) is 38.6. The molecule has 1 saturated heterocycles. The largest absolute Gasteiger partial charge is 0.504 e. The lowest BCUT2D eigenvalue weighted by Crippen LogP contribution is -2.74. The van der Waals surface area contributed by atoms with Crippen LogP contribution in [0.3, 0.4) is 0 Å². The van der Waals surface area contributed by atoms with Crippen LogP contribution in [0.15, 0.2) is 24.0 Å². The molecule has 1 aromatic rings. The van der Waals surface area contributed by atoms with Crippen LogP contribution >= 0.6 is 0 Å². The third-order valence-electron chi connectivity index (χ3n) is 8.19. The van der Waals surface area contributed by atoms with E-state index < -0.39 is 41.1 Å². The summed E-state index contributed by atoms with van der Waals surface area (Å²) in [7, 11) is 2.00. The molecule has 188 valence electrons. The minimum atomic E-state index is -1.19. The second-order valence-electron chi connectivity index (χ2n) is 10.4. The summed E-state index contributed by atoms with van der Waals surface area (Å²) in [5.41, 5.74) is -0.219. The standard InChI is InChI=1S/C26H31NO8/c1-13(11-14(2)28)23(30)33-15(3)24(31)34-18-7-8-26(32)19-12-16-5-6-17(29)21-20(16)25(26,22(18)35-21)9-10-27(19)4/h5-7,13,15,19,22,29,32H,8-12H2,1-4H3/t13-,15+,19-,22+,25+,26-/m1/s1. The van der Waals surface area contributed by atoms with Crippen LogP contribution in [0.2, 0.25) is 0 Å². The maximum atomic E-state index is 12.9. The molecule has 9 nitrogen and oxygen atoms in total. The minimum Gasteiger partial charge on any atom is -0.504 e. The Kier molecular flexibility index (Phi) is 5.49. The number of esters is 2. The van der Waals surface area contributed by atoms with Gasteiger partial charge in [-0.1, -0.05) is 13.0 Å². The van der Waals surface area contributed by atoms with E-state index in [1.807, 2.05) is 13.1 Å². The maximum Gasteiger partial charge on any atom is 0.352 e. The van der Waals surface area contributed by atoms with E-state index in [1.54, 1.807) is 19.1 Å². The molecule has 2 aliphatic carbocycles. The molecule has 5 rings (SSSR count). The first-order chi connectivity index (χ1) is 16.5. The fourth-order valence-corrected chi connectivity index (χ4v) is 6.49. The number of aromatic hydroxyl groups is 1. The summed E-state index contributed by atoms with van der Waals surface area (Å²) < 4.78 is 17.2. The second kappa shape index (κ2) is 8.06. The predicted molar refractivity (Wildman–Crippen MR) is 123 cm³/mol. The zero-order valence-electron chi connectivity index (χ0n) is 20.4. The fourth-order valence-electron chi connectivity index (χ4n) is 6.49. The van der Waals surface area contributed by atoms with Crippen molar-refractivity contribution in [1.29, 1.82) is 0 Å². The first-order valence-electron chi connectivity index (χ1n) is 12.1. The SMILES string of the molecule is CC(=O)C[C@@H](C)C(=O)O[C@@H](C)C(=O)OC1=CC[C@@]2(O)[C@H]3Cc4ccc(O)c5c4[C@@]2(CCN3C)[C@H]1O5. The summed E-state index contributed by atoms with van der Waals surface area (Å²) >= 11 is 0. The smallest absolute Gasteiger partial charge is 0.352 e. The molecule has 1 fully saturated rings. The molecule has 0 radical (unpaired) electrons. The van der Waals surface area contributed by atoms with E-state index in [0.717, 1.165) is 11.1 Å². The van der Waals surface area contributed by atoms with E-state index in [0.29, 0.717) is 25.1 Å². The summed E-state index contributed by atoms with van der Waals surface area (Å²) in [6, 6.07) is 3.32. The van der Waals surface area contributed by atoms with Crippen LogP contribution in [0.1, 0.15) is 51.2 Å². The molecule has 2 N–H and O–H groups in total. The summed E-state index contributed by atoms with van der Waals surface area (Å²) in [5.74, 6) is -1.68. The molecule has 0 saturated carbocycles. The average molecular weight is 486 g/mol. The number of carbonyl (C=O) groups excluding carboxylic acids is 3. The molecule has 1 aromatic carbocycles. The van der Waals surface area contributed by atoms with Crippen LogP contribution in [0.25, 0.3) is 0 Å². The average Bonchev–Trinajstić information content (AvgIpc) is 3.15. The lowest BCUT2D eigenvalue weighted by Gasteiger charge is -2.61. The summed E-state index contributed by atoms with van der Waals surface area (Å²) in [5, 5.41) is 22.7. The number of likely N-dealkylation sites (N-methyl/N-ethyl adjacent to an activating group) is 1. The lowest BCUT2D eigenvalue weighted by molar-refractivity contribution is -0.176. The number of phenols is 1. The summed E-state index contributed by atoms with van der Waals surface area (Å²) in [6.07, 6.45) is 1.15. The second-order valence-corrected chi connectivity index (χ2v) is 10.4. The van der Waals surface area contributed by atoms with Gasteiger partial charge in [0.1, 0.15) is 11.5 Å². The van der Waals surface area contributed by atoms with E-state index in [-0.39, 0.29) is 36.2 Å². The Bertz CT molecular complexity index is 1140. The van der Waals surface area contributed by atoms with Crippen LogP contribution in [-0.2, 0) is 35.7 Å². The highest BCUT2D eigenvalue weighted by atomic mass is 16.6. The van der Waals surface area contributed by atoms with Crippen molar-refractivity contribution in [1.82, 2.24) is 4.90 Å². The van der Waals surface area contributed by atoms with Gasteiger partial charge in [-0.05, 0) is 58.0 Å². The molecule has 35 heavy (non-hydrogen) atoms. The molecule has 2 aliphatic heterocycles. The van der Waals surface area contributed by atoms with Crippen molar-refractivity contribution in [3.05, 3.63) is 35.1 Å². The molecular weight excluding hydrogens is 454 g/mol. The van der Waals surface area contributed by atoms with Crippen LogP contribution < -0.4 is 4.74 Å². The first-order valence-corrected chi connectivity index (χ1v) is 12.1. The molecule has 0 aromatic heterocycles. The quantitative estimate of drug-likeness (QED) is 0.580. The Labute approximate surface area is 203 Å². The van der Waals surface area contributed by atoms with Gasteiger partial charge < -0.3 is 34.1 Å². The van der Waals surface area contributed by atoms with Gasteiger partial charge in [-0.2, -0.15) is 0 Å². The van der Waals surface area contributed by atoms with Gasteiger partial charge in [0.15, 0.2) is 23.7 Å². The van der Waals surface area contributed by atoms with Gasteiger partial charge in [-0.3, -0.25) is 4.79 Å². The molecular formula is C26H31NO8. The van der Waals surface area contributed by atoms with E-state index >= 15 is 0 Å². The van der Waals surface area contributed by atoms with Crippen molar-refractivity contribution >= 4 is 17.7 Å². The van der Waals surface area contributed by atoms with Gasteiger partial charge in [0.05, 0.1) is 16.9 Å². The highest BCUT2D eigenvalue weighted by molar-refractivity contribution is 5.84. The number of piperidine rings is 1. The van der Waals surface area contributed by atoms with E-state index in [4.69, 9.17) is 14.2 Å². The van der Waals surface area contributed by atoms with Crippen LogP contribution in [0.5, 0.6) is 11.5 Å². The number of likely N-dealkylation sites (tertiary alicyclic amines) is 1. The molecule has 6 atom stereocenters. The van der Waals surface area contributed by atoms with Crippen molar-refractivity contribution < 1.29 is 38.8 Å². The normalized spacial score (nSPS) is 32.0. The van der Waals surface area contributed by atoms with Gasteiger partial charge in [-0.15, -0.1) is 0 Å². The number of aliphatic hydroxyl groups is 1. The Morgan fingerprint density at radius 2 is 2.00 bits per heavy atom. The van der Waals surface area contributed by atoms with E-state index in [1.165, 1.54) is 13.8 Å². The molecule has 0 unspecified atom stereocenters. The Morgan fingerprint density at radius 3 is 2.71 bits per heavy atom. The number of ketones is 1. The Hall–Kier alpha value is -2.91. The monoisotopic (exact) mass is 485 g/mol. The minimum absolute atomic E-state index is 0.0142. The molecule has 4 aliphatic rings. The zero-order valence-corrected chi connectivity index (χ0v) is 20.4. The van der Waals surface area contributed by atoms with Gasteiger partial charge >= 0.3 is 11.9 Å². The Morgan fingerprint density at radius 1 is 1.26 bits per heavy atom. The van der Waals surface area contributed by atoms with E-state index in [9.17, 15) is 24.6 Å². The highest BCUT2D eigenvalue weighted by Gasteiger charge is 2.72. The topological polar surface area (TPSA) is 123 Å². The van der Waals surface area contributed by atoms with Crippen molar-refractivity contribution in [2.24, 2.45) is 5.92 Å². The van der Waals surface area contributed by atoms with E-state index in [2.05, 4.69) is 4.90 Å². The number of phenolic OH excluding ortho intramolecular Hbond substituents is 1. The third-order valence-corrected chi connectivity index (χ3v) is 8.19. The van der Waals surface area contributed by atoms with Crippen LogP contribution in [0, 0.1) is 5.92 Å². The molecule has 0 amide bonds. The molecule has 2 bridgehead atoms. The molecule has 9 heteroatoms. The molecule has 2 heterocycles. The van der Waals surface area contributed by atoms with Crippen molar-refractivity contribution in [2.75, 3.05) is 13.6 Å². The Balaban J connectivity index is 1.43. The van der Waals surface area contributed by atoms with Crippen molar-refractivity contribution in [3.63, 3.8) is 0 Å². The zero-order chi connectivity index (χ0) is 25.3. The number of Topliss-reactive ketones (excluding diaryl/α,β-unsaturated/α-hetero) is 1. The lowest BCUT2D eigenvalue weighted by atomic mass is 9.50. The molecule has 1 spiro atoms. The first kappa shape index (κ1) is 23.8. The number of ether oxygens (including phenoxy) is 3. The number of nitrogens with zero attached hydrogens (tertiary/aromatic N) is 1. The van der Waals surface area contributed by atoms with Gasteiger partial charge in [0.25, 0.3) is 0 Å². The maximum absolute atomic E-state index is 12.9. The number of benzene rings is 1. The summed E-state index contributed by atoms with van der Waals surface area (Å²) in [6.45, 7) is 5.09. The van der Waals surface area contributed by atoms with Gasteiger partial charge in [-0.25, -0.2) is 4.79 Å². The third kappa shape index (κ3) is 3.31. The predicted octanol–water partition coefficient (Wildman–Crippen LogP) is 1.76. The van der Waals surface area contributed by atoms with Gasteiger partial charge in [0.2, 0.25) is 0 Å².